The molecule has 5 fully saturated rings. The Labute approximate surface area is 725 Å². The summed E-state index contributed by atoms with van der Waals surface area (Å²) in [7, 11) is 3.50. The van der Waals surface area contributed by atoms with E-state index in [0.29, 0.717) is 86.4 Å². The molecule has 8 aliphatic rings. The normalized spacial score (nSPS) is 16.3. The van der Waals surface area contributed by atoms with E-state index in [-0.39, 0.29) is 89.7 Å². The van der Waals surface area contributed by atoms with Gasteiger partial charge in [-0.3, -0.25) is 53.5 Å². The SMILES string of the molecule is C.CCN1CCN(Cc2ccc(NC(=O)c3cccc(Cc4ccc5c(c4)CN=C5NC(=O)C4CC4)c3)cc2C(F)(F)F)CC1.COc1cc(Cc2ccc3c(c2)CN=C3NC(=O)C2CC2)cc(C(=O)Nc2ccc(CN3CCN(C)CC3)c(C(F)(F)F)c2)c1.Cc1ccc(C(=O)Nc2cccc(C(F)(F)F)c2)cc1Cc1ccc2c(c1)CN=C2NC(=O)C1CC1. The number of methoxy groups -OCH3 is 1. The van der Waals surface area contributed by atoms with Gasteiger partial charge in [-0.15, -0.1) is 0 Å². The lowest BCUT2D eigenvalue weighted by molar-refractivity contribution is -0.139. The second-order valence-electron chi connectivity index (χ2n) is 33.2. The van der Waals surface area contributed by atoms with E-state index < -0.39 is 52.9 Å². The Morgan fingerprint density at radius 1 is 0.397 bits per heavy atom. The number of nitrogens with zero attached hydrogens (tertiary/aromatic N) is 7. The molecule has 9 aromatic rings. The predicted octanol–water partition coefficient (Wildman–Crippen LogP) is 16.8. The van der Waals surface area contributed by atoms with Gasteiger partial charge < -0.3 is 46.4 Å². The molecule has 6 N–H and O–H groups in total. The molecule has 3 saturated carbocycles. The molecule has 6 amide bonds. The number of amides is 6. The van der Waals surface area contributed by atoms with Crippen LogP contribution >= 0.6 is 0 Å². The van der Waals surface area contributed by atoms with Crippen LogP contribution in [0.3, 0.4) is 0 Å². The number of likely N-dealkylation sites (N-methyl/N-ethyl adjacent to an activating group) is 2. The lowest BCUT2D eigenvalue weighted by atomic mass is 9.95. The molecule has 5 aliphatic heterocycles. The number of rotatable bonds is 21. The molecule has 658 valence electrons. The van der Waals surface area contributed by atoms with Crippen molar-refractivity contribution >= 4 is 70.0 Å². The first-order valence-corrected chi connectivity index (χ1v) is 42.0. The number of piperazine rings is 2. The molecule has 0 radical (unpaired) electrons. The third kappa shape index (κ3) is 23.1. The average molecular weight is 1730 g/mol. The lowest BCUT2D eigenvalue weighted by Crippen LogP contribution is -2.45. The van der Waals surface area contributed by atoms with E-state index in [0.717, 1.165) is 181 Å². The van der Waals surface area contributed by atoms with E-state index >= 15 is 0 Å². The maximum absolute atomic E-state index is 14.1. The van der Waals surface area contributed by atoms with E-state index in [1.807, 2.05) is 84.4 Å². The van der Waals surface area contributed by atoms with Crippen molar-refractivity contribution in [2.45, 2.75) is 130 Å². The summed E-state index contributed by atoms with van der Waals surface area (Å²) in [5.74, 6) is 1.22. The quantitative estimate of drug-likeness (QED) is 0.0370. The number of anilines is 3. The van der Waals surface area contributed by atoms with Gasteiger partial charge in [0.05, 0.1) is 43.4 Å². The van der Waals surface area contributed by atoms with E-state index in [4.69, 9.17) is 4.74 Å². The summed E-state index contributed by atoms with van der Waals surface area (Å²) in [6, 6.07) is 48.0. The minimum atomic E-state index is -4.56. The van der Waals surface area contributed by atoms with E-state index in [9.17, 15) is 68.3 Å². The first-order chi connectivity index (χ1) is 59.9. The monoisotopic (exact) mass is 1730 g/mol. The van der Waals surface area contributed by atoms with Gasteiger partial charge in [-0.1, -0.05) is 105 Å². The highest BCUT2D eigenvalue weighted by Crippen LogP contribution is 2.40. The summed E-state index contributed by atoms with van der Waals surface area (Å²) in [6.07, 6.45) is -6.38. The van der Waals surface area contributed by atoms with Crippen LogP contribution in [0.15, 0.2) is 191 Å². The Bertz CT molecular complexity index is 5720. The summed E-state index contributed by atoms with van der Waals surface area (Å²) in [5, 5.41) is 16.7. The van der Waals surface area contributed by atoms with Gasteiger partial charge in [-0.05, 0) is 230 Å². The molecular formula is C97H100F9N13O7. The summed E-state index contributed by atoms with van der Waals surface area (Å²) >= 11 is 0. The number of halogens is 9. The molecule has 0 spiro atoms. The first-order valence-electron chi connectivity index (χ1n) is 42.0. The van der Waals surface area contributed by atoms with Crippen LogP contribution in [0.2, 0.25) is 0 Å². The van der Waals surface area contributed by atoms with E-state index in [1.54, 1.807) is 48.5 Å². The number of amidine groups is 3. The minimum Gasteiger partial charge on any atom is -0.497 e. The number of carbonyl (C=O) groups excluding carboxylic acids is 6. The van der Waals surface area contributed by atoms with Gasteiger partial charge in [-0.25, -0.2) is 0 Å². The molecule has 0 bridgehead atoms. The zero-order valence-corrected chi connectivity index (χ0v) is 69.6. The van der Waals surface area contributed by atoms with Gasteiger partial charge in [0.25, 0.3) is 17.7 Å². The van der Waals surface area contributed by atoms with Crippen LogP contribution in [-0.2, 0) is 84.9 Å². The van der Waals surface area contributed by atoms with Crippen molar-refractivity contribution in [3.63, 3.8) is 0 Å². The topological polar surface area (TPSA) is 234 Å². The zero-order valence-electron chi connectivity index (χ0n) is 69.6. The third-order valence-corrected chi connectivity index (χ3v) is 23.6. The van der Waals surface area contributed by atoms with Crippen molar-refractivity contribution in [3.05, 3.63) is 293 Å². The summed E-state index contributed by atoms with van der Waals surface area (Å²) in [6.45, 7) is 13.0. The van der Waals surface area contributed by atoms with Crippen LogP contribution in [-0.4, -0.2) is 146 Å². The summed E-state index contributed by atoms with van der Waals surface area (Å²) in [5.41, 5.74) is 11.9. The second-order valence-corrected chi connectivity index (χ2v) is 33.2. The average Bonchev–Trinajstić information content (AvgIpc) is 1.52. The highest BCUT2D eigenvalue weighted by molar-refractivity contribution is 6.13. The van der Waals surface area contributed by atoms with Crippen LogP contribution in [0.25, 0.3) is 0 Å². The van der Waals surface area contributed by atoms with Crippen molar-refractivity contribution < 1.29 is 73.0 Å². The van der Waals surface area contributed by atoms with Gasteiger partial charge in [0.2, 0.25) is 17.7 Å². The Kier molecular flexibility index (Phi) is 27.7. The number of fused-ring (bicyclic) bond motifs is 3. The largest absolute Gasteiger partial charge is 0.497 e. The number of hydrogen-bond donors (Lipinski definition) is 6. The van der Waals surface area contributed by atoms with Gasteiger partial charge in [0, 0.05) is 134 Å². The number of aryl methyl sites for hydroxylation is 1. The Hall–Kier alpha value is -12.2. The number of ether oxygens (including phenoxy) is 1. The van der Waals surface area contributed by atoms with Gasteiger partial charge >= 0.3 is 18.5 Å². The Balaban J connectivity index is 0.000000154. The molecule has 9 aromatic carbocycles. The maximum atomic E-state index is 14.1. The molecule has 0 aromatic heterocycles. The number of aliphatic imine (C=N–C) groups is 3. The van der Waals surface area contributed by atoms with Crippen LogP contribution in [0.5, 0.6) is 5.75 Å². The molecule has 2 saturated heterocycles. The van der Waals surface area contributed by atoms with E-state index in [1.165, 1.54) is 37.4 Å². The fraction of sp³-hybridized carbons (Fsp3) is 0.351. The number of alkyl halides is 9. The highest BCUT2D eigenvalue weighted by atomic mass is 19.4. The van der Waals surface area contributed by atoms with Gasteiger partial charge in [0.1, 0.15) is 23.3 Å². The predicted molar refractivity (Wildman–Crippen MR) is 467 cm³/mol. The van der Waals surface area contributed by atoms with Crippen molar-refractivity contribution in [2.75, 3.05) is 89.0 Å². The van der Waals surface area contributed by atoms with Crippen molar-refractivity contribution in [3.8, 4) is 5.75 Å². The standard InChI is InChI=1S/C34H36F3N5O3.C34H36F3N5O2.C28H24F3N3O2.CH4/c1-41-9-11-42(12-10-41)20-24-6-7-27(18-30(24)34(35,36)37)39-33(44)25-15-22(16-28(17-25)45-2)13-21-3-8-29-26(14-21)19-38-31(29)40-32(43)23-4-5-23;1-2-41-12-14-42(15-13-41)21-26-9-10-28(19-30(26)34(35,36)37)39-33(44)25-5-3-4-22(17-25)16-23-6-11-29-27(18-23)20-38-31(29)40-32(43)24-7-8-24;1-16-5-7-19(27(36)33-23-4-2-3-22(14-23)28(29,30)31)13-20(16)11-17-6-10-24-21(12-17)15-32-25(24)34-26(35)18-8-9-18;/h3,6-8,14-18,23H,4-5,9-13,19-20H2,1-2H3,(H,39,44)(H,38,40,43);3-6,9-11,17-19,24H,2,7-8,12-16,20-21H2,1H3,(H,39,44)(H,38,40,43);2-7,10,12-14,18H,8-9,11,15H2,1H3,(H,33,36)(H,32,34,35);1H4. The second kappa shape index (κ2) is 38.7. The van der Waals surface area contributed by atoms with Crippen LogP contribution in [0.4, 0.5) is 56.6 Å². The molecule has 0 atom stereocenters. The summed E-state index contributed by atoms with van der Waals surface area (Å²) in [4.78, 5) is 97.6. The van der Waals surface area contributed by atoms with Crippen molar-refractivity contribution in [2.24, 2.45) is 32.7 Å². The molecule has 3 aliphatic carbocycles. The number of nitrogens with one attached hydrogen (secondary N) is 6. The number of benzene rings is 9. The van der Waals surface area contributed by atoms with Crippen LogP contribution in [0, 0.1) is 24.7 Å². The summed E-state index contributed by atoms with van der Waals surface area (Å²) < 4.78 is 129. The van der Waals surface area contributed by atoms with E-state index in [2.05, 4.69) is 75.7 Å². The molecule has 0 unspecified atom stereocenters. The molecule has 126 heavy (non-hydrogen) atoms. The molecular weight excluding hydrogens is 1630 g/mol. The minimum absolute atomic E-state index is 0. The Morgan fingerprint density at radius 2 is 0.810 bits per heavy atom. The lowest BCUT2D eigenvalue weighted by Gasteiger charge is -2.34. The fourth-order valence-corrected chi connectivity index (χ4v) is 15.9. The third-order valence-electron chi connectivity index (χ3n) is 23.6. The van der Waals surface area contributed by atoms with Crippen molar-refractivity contribution in [1.82, 2.24) is 35.6 Å². The van der Waals surface area contributed by atoms with Crippen LogP contribution in [0.1, 0.15) is 184 Å². The fourth-order valence-electron chi connectivity index (χ4n) is 15.9. The number of hydrogen-bond acceptors (Lipinski definition) is 14. The van der Waals surface area contributed by atoms with Crippen LogP contribution < -0.4 is 36.6 Å². The highest BCUT2D eigenvalue weighted by Gasteiger charge is 2.39. The van der Waals surface area contributed by atoms with Crippen molar-refractivity contribution in [1.29, 1.82) is 0 Å². The maximum Gasteiger partial charge on any atom is 0.416 e. The molecule has 29 heteroatoms. The number of carbonyl (C=O) groups is 6. The molecule has 20 nitrogen and oxygen atoms in total. The van der Waals surface area contributed by atoms with Gasteiger partial charge in [0.15, 0.2) is 0 Å². The molecule has 5 heterocycles. The molecule has 17 rings (SSSR count). The Morgan fingerprint density at radius 3 is 1.26 bits per heavy atom. The first kappa shape index (κ1) is 90.1. The van der Waals surface area contributed by atoms with Gasteiger partial charge in [-0.2, -0.15) is 39.5 Å². The zero-order chi connectivity index (χ0) is 88.0. The smallest absolute Gasteiger partial charge is 0.416 e.